The predicted octanol–water partition coefficient (Wildman–Crippen LogP) is 6.70. The van der Waals surface area contributed by atoms with Crippen molar-refractivity contribution >= 4 is 46.5 Å². The summed E-state index contributed by atoms with van der Waals surface area (Å²) in [6.45, 7) is 5.35. The molecule has 4 aromatic rings. The number of hydrogen-bond donors (Lipinski definition) is 0. The summed E-state index contributed by atoms with van der Waals surface area (Å²) in [5, 5.41) is 0.765. The minimum atomic E-state index is 0.647. The molecule has 0 N–H and O–H groups in total. The van der Waals surface area contributed by atoms with Gasteiger partial charge < -0.3 is 14.7 Å². The van der Waals surface area contributed by atoms with Crippen LogP contribution in [-0.4, -0.2) is 54.2 Å². The second-order valence-corrected chi connectivity index (χ2v) is 10.5. The molecule has 3 heterocycles. The molecule has 8 heteroatoms. The molecule has 1 aromatic heterocycles. The zero-order valence-corrected chi connectivity index (χ0v) is 22.9. The Morgan fingerprint density at radius 3 is 1.64 bits per heavy atom. The first-order valence-corrected chi connectivity index (χ1v) is 14.3. The summed E-state index contributed by atoms with van der Waals surface area (Å²) in [5.41, 5.74) is 3.20. The lowest BCUT2D eigenvalue weighted by Crippen LogP contribution is -2.47. The quantitative estimate of drug-likeness (QED) is 0.270. The van der Waals surface area contributed by atoms with Crippen molar-refractivity contribution in [3.63, 3.8) is 0 Å². The first kappa shape index (κ1) is 25.4. The van der Waals surface area contributed by atoms with Crippen LogP contribution in [0, 0.1) is 0 Å². The van der Waals surface area contributed by atoms with Crippen molar-refractivity contribution in [3.8, 4) is 0 Å². The molecule has 0 atom stereocenters. The Labute approximate surface area is 235 Å². The zero-order chi connectivity index (χ0) is 26.4. The topological polar surface area (TPSA) is 51.6 Å². The second kappa shape index (κ2) is 11.9. The maximum absolute atomic E-state index is 6.27. The van der Waals surface area contributed by atoms with Crippen molar-refractivity contribution < 1.29 is 0 Å². The third-order valence-corrected chi connectivity index (χ3v) is 7.69. The summed E-state index contributed by atoms with van der Waals surface area (Å²) in [7, 11) is 0. The number of aromatic nitrogens is 3. The number of halogens is 1. The molecule has 7 nitrogen and oxygen atoms in total. The Morgan fingerprint density at radius 1 is 0.538 bits per heavy atom. The Morgan fingerprint density at radius 2 is 1.08 bits per heavy atom. The molecule has 6 rings (SSSR count). The van der Waals surface area contributed by atoms with Gasteiger partial charge in [0, 0.05) is 61.4 Å². The number of rotatable bonds is 6. The van der Waals surface area contributed by atoms with Crippen LogP contribution >= 0.6 is 11.6 Å². The van der Waals surface area contributed by atoms with Crippen LogP contribution in [0.5, 0.6) is 0 Å². The Bertz CT molecular complexity index is 1310. The summed E-state index contributed by atoms with van der Waals surface area (Å²) in [5.74, 6) is 2.15. The van der Waals surface area contributed by atoms with Crippen LogP contribution in [0.1, 0.15) is 25.7 Å². The molecule has 0 spiro atoms. The Kier molecular flexibility index (Phi) is 7.77. The van der Waals surface area contributed by atoms with Gasteiger partial charge in [0.15, 0.2) is 0 Å². The van der Waals surface area contributed by atoms with E-state index < -0.39 is 0 Å². The van der Waals surface area contributed by atoms with E-state index in [9.17, 15) is 0 Å². The van der Waals surface area contributed by atoms with E-state index >= 15 is 0 Å². The molecule has 39 heavy (non-hydrogen) atoms. The number of para-hydroxylation sites is 2. The van der Waals surface area contributed by atoms with Crippen LogP contribution in [0.25, 0.3) is 0 Å². The van der Waals surface area contributed by atoms with Gasteiger partial charge in [0.1, 0.15) is 0 Å². The lowest BCUT2D eigenvalue weighted by molar-refractivity contribution is 0.636. The van der Waals surface area contributed by atoms with Gasteiger partial charge in [0.2, 0.25) is 17.8 Å². The van der Waals surface area contributed by atoms with Crippen molar-refractivity contribution in [1.29, 1.82) is 0 Å². The van der Waals surface area contributed by atoms with E-state index in [1.807, 2.05) is 30.3 Å². The monoisotopic (exact) mass is 539 g/mol. The lowest BCUT2D eigenvalue weighted by Gasteiger charge is -2.36. The van der Waals surface area contributed by atoms with Gasteiger partial charge in [-0.15, -0.1) is 0 Å². The largest absolute Gasteiger partial charge is 0.368 e. The summed E-state index contributed by atoms with van der Waals surface area (Å²) in [4.78, 5) is 24.4. The van der Waals surface area contributed by atoms with Gasteiger partial charge in [-0.3, -0.25) is 4.90 Å². The van der Waals surface area contributed by atoms with E-state index in [1.165, 1.54) is 12.8 Å². The molecule has 2 aliphatic heterocycles. The molecular weight excluding hydrogens is 506 g/mol. The van der Waals surface area contributed by atoms with Gasteiger partial charge >= 0.3 is 0 Å². The standard InChI is InChI=1S/C31H34ClN7/c32-25-12-11-17-28(24-25)36-20-22-38(23-21-36)30-33-29(37-18-9-1-2-10-19-37)34-31(35-30)39(26-13-5-3-6-14-26)27-15-7-4-8-16-27/h3-8,11-17,24H,1-2,9-10,18-23H2. The molecule has 0 amide bonds. The van der Waals surface area contributed by atoms with Crippen LogP contribution in [0.15, 0.2) is 84.9 Å². The number of anilines is 6. The van der Waals surface area contributed by atoms with E-state index in [4.69, 9.17) is 26.6 Å². The van der Waals surface area contributed by atoms with Gasteiger partial charge in [-0.05, 0) is 55.3 Å². The van der Waals surface area contributed by atoms with Crippen LogP contribution < -0.4 is 19.6 Å². The molecule has 2 aliphatic rings. The van der Waals surface area contributed by atoms with E-state index in [0.29, 0.717) is 5.95 Å². The van der Waals surface area contributed by atoms with Crippen molar-refractivity contribution in [3.05, 3.63) is 90.0 Å². The number of hydrogen-bond acceptors (Lipinski definition) is 7. The zero-order valence-electron chi connectivity index (χ0n) is 22.2. The Hall–Kier alpha value is -3.84. The van der Waals surface area contributed by atoms with Crippen molar-refractivity contribution in [2.24, 2.45) is 0 Å². The minimum absolute atomic E-state index is 0.647. The average molecular weight is 540 g/mol. The molecule has 0 saturated carbocycles. The smallest absolute Gasteiger partial charge is 0.241 e. The van der Waals surface area contributed by atoms with Crippen molar-refractivity contribution in [1.82, 2.24) is 15.0 Å². The normalized spacial score (nSPS) is 16.2. The summed E-state index contributed by atoms with van der Waals surface area (Å²) < 4.78 is 0. The fraction of sp³-hybridized carbons (Fsp3) is 0.323. The molecule has 0 unspecified atom stereocenters. The summed E-state index contributed by atoms with van der Waals surface area (Å²) in [6.07, 6.45) is 4.84. The molecule has 0 radical (unpaired) electrons. The second-order valence-electron chi connectivity index (χ2n) is 10.1. The van der Waals surface area contributed by atoms with Crippen LogP contribution in [0.2, 0.25) is 5.02 Å². The van der Waals surface area contributed by atoms with Crippen LogP contribution in [-0.2, 0) is 0 Å². The van der Waals surface area contributed by atoms with Crippen molar-refractivity contribution in [2.75, 3.05) is 58.9 Å². The van der Waals surface area contributed by atoms with Gasteiger partial charge in [0.25, 0.3) is 0 Å². The molecule has 2 saturated heterocycles. The van der Waals surface area contributed by atoms with Gasteiger partial charge in [0.05, 0.1) is 0 Å². The predicted molar refractivity (Wildman–Crippen MR) is 161 cm³/mol. The van der Waals surface area contributed by atoms with E-state index in [2.05, 4.69) is 74.2 Å². The fourth-order valence-electron chi connectivity index (χ4n) is 5.37. The van der Waals surface area contributed by atoms with Crippen LogP contribution in [0.4, 0.5) is 34.9 Å². The molecule has 2 fully saturated rings. The SMILES string of the molecule is Clc1cccc(N2CCN(c3nc(N4CCCCCC4)nc(N(c4ccccc4)c4ccccc4)n3)CC2)c1. The summed E-state index contributed by atoms with van der Waals surface area (Å²) >= 11 is 6.27. The molecule has 0 aliphatic carbocycles. The molecule has 0 bridgehead atoms. The molecular formula is C31H34ClN7. The van der Waals surface area contributed by atoms with E-state index in [0.717, 1.165) is 86.1 Å². The highest BCUT2D eigenvalue weighted by atomic mass is 35.5. The van der Waals surface area contributed by atoms with Gasteiger partial charge in [-0.2, -0.15) is 15.0 Å². The fourth-order valence-corrected chi connectivity index (χ4v) is 5.55. The van der Waals surface area contributed by atoms with Crippen molar-refractivity contribution in [2.45, 2.75) is 25.7 Å². The highest BCUT2D eigenvalue weighted by Crippen LogP contribution is 2.34. The first-order valence-electron chi connectivity index (χ1n) is 13.9. The first-order chi connectivity index (χ1) is 19.2. The minimum Gasteiger partial charge on any atom is -0.368 e. The third kappa shape index (κ3) is 5.93. The van der Waals surface area contributed by atoms with Gasteiger partial charge in [-0.1, -0.05) is 66.9 Å². The number of benzene rings is 3. The Balaban J connectivity index is 1.36. The highest BCUT2D eigenvalue weighted by molar-refractivity contribution is 6.30. The highest BCUT2D eigenvalue weighted by Gasteiger charge is 2.25. The molecule has 200 valence electrons. The maximum Gasteiger partial charge on any atom is 0.241 e. The van der Waals surface area contributed by atoms with Crippen LogP contribution in [0.3, 0.4) is 0 Å². The van der Waals surface area contributed by atoms with E-state index in [-0.39, 0.29) is 0 Å². The number of piperazine rings is 1. The maximum atomic E-state index is 6.27. The van der Waals surface area contributed by atoms with Gasteiger partial charge in [-0.25, -0.2) is 0 Å². The lowest BCUT2D eigenvalue weighted by atomic mass is 10.2. The summed E-state index contributed by atoms with van der Waals surface area (Å²) in [6, 6.07) is 28.8. The number of nitrogens with zero attached hydrogens (tertiary/aromatic N) is 7. The van der Waals surface area contributed by atoms with E-state index in [1.54, 1.807) is 0 Å². The third-order valence-electron chi connectivity index (χ3n) is 7.45. The molecule has 3 aromatic carbocycles. The average Bonchev–Trinajstić information content (AvgIpc) is 3.28.